The van der Waals surface area contributed by atoms with Crippen molar-refractivity contribution in [1.29, 1.82) is 0 Å². The fraction of sp³-hybridized carbons (Fsp3) is 0.294. The second-order valence-electron chi connectivity index (χ2n) is 4.60. The summed E-state index contributed by atoms with van der Waals surface area (Å²) in [7, 11) is 0. The van der Waals surface area contributed by atoms with Crippen LogP contribution in [0.15, 0.2) is 54.6 Å². The van der Waals surface area contributed by atoms with Crippen LogP contribution < -0.4 is 0 Å². The van der Waals surface area contributed by atoms with Gasteiger partial charge in [0.2, 0.25) is 0 Å². The third-order valence-electron chi connectivity index (χ3n) is 3.11. The van der Waals surface area contributed by atoms with E-state index in [4.69, 9.17) is 4.74 Å². The van der Waals surface area contributed by atoms with Crippen LogP contribution >= 0.6 is 0 Å². The maximum absolute atomic E-state index is 6.00. The molecular weight excluding hydrogens is 220 g/mol. The number of benzene rings is 2. The quantitative estimate of drug-likeness (QED) is 0.738. The van der Waals surface area contributed by atoms with Crippen LogP contribution in [0.25, 0.3) is 0 Å². The van der Waals surface area contributed by atoms with E-state index in [0.29, 0.717) is 6.61 Å². The van der Waals surface area contributed by atoms with E-state index in [9.17, 15) is 0 Å². The van der Waals surface area contributed by atoms with E-state index in [1.807, 2.05) is 6.07 Å². The number of hydrogen-bond acceptors (Lipinski definition) is 1. The van der Waals surface area contributed by atoms with Gasteiger partial charge in [0.15, 0.2) is 0 Å². The molecule has 1 atom stereocenters. The Bertz CT molecular complexity index is 459. The molecule has 0 amide bonds. The molecule has 94 valence electrons. The number of ether oxygens (including phenoxy) is 1. The van der Waals surface area contributed by atoms with Crippen molar-refractivity contribution in [2.75, 3.05) is 0 Å². The molecule has 2 aromatic rings. The summed E-state index contributed by atoms with van der Waals surface area (Å²) in [5.41, 5.74) is 3.77. The van der Waals surface area contributed by atoms with Gasteiger partial charge in [-0.2, -0.15) is 0 Å². The molecule has 0 unspecified atom stereocenters. The van der Waals surface area contributed by atoms with Crippen molar-refractivity contribution in [2.24, 2.45) is 0 Å². The minimum Gasteiger partial charge on any atom is -0.369 e. The summed E-state index contributed by atoms with van der Waals surface area (Å²) in [4.78, 5) is 0. The van der Waals surface area contributed by atoms with Gasteiger partial charge in [0, 0.05) is 0 Å². The van der Waals surface area contributed by atoms with E-state index >= 15 is 0 Å². The highest BCUT2D eigenvalue weighted by Gasteiger charge is 2.08. The van der Waals surface area contributed by atoms with E-state index in [1.54, 1.807) is 0 Å². The second-order valence-corrected chi connectivity index (χ2v) is 4.60. The molecular formula is C17H20O. The Hall–Kier alpha value is -1.60. The number of aryl methyl sites for hydroxylation is 1. The summed E-state index contributed by atoms with van der Waals surface area (Å²) >= 11 is 0. The molecule has 0 radical (unpaired) electrons. The maximum atomic E-state index is 6.00. The fourth-order valence-corrected chi connectivity index (χ4v) is 2.00. The average Bonchev–Trinajstić information content (AvgIpc) is 2.43. The largest absolute Gasteiger partial charge is 0.369 e. The molecule has 1 nitrogen and oxygen atoms in total. The smallest absolute Gasteiger partial charge is 0.0826 e. The van der Waals surface area contributed by atoms with Crippen LogP contribution in [0.2, 0.25) is 0 Å². The van der Waals surface area contributed by atoms with Crippen molar-refractivity contribution in [3.63, 3.8) is 0 Å². The lowest BCUT2D eigenvalue weighted by Crippen LogP contribution is -2.03. The summed E-state index contributed by atoms with van der Waals surface area (Å²) in [5, 5.41) is 0. The molecule has 0 heterocycles. The zero-order chi connectivity index (χ0) is 12.8. The lowest BCUT2D eigenvalue weighted by Gasteiger charge is -2.16. The van der Waals surface area contributed by atoms with Gasteiger partial charge in [-0.15, -0.1) is 0 Å². The Morgan fingerprint density at radius 3 is 2.22 bits per heavy atom. The third kappa shape index (κ3) is 3.44. The van der Waals surface area contributed by atoms with E-state index in [-0.39, 0.29) is 6.10 Å². The van der Waals surface area contributed by atoms with Gasteiger partial charge in [0.1, 0.15) is 0 Å². The topological polar surface area (TPSA) is 9.23 Å². The van der Waals surface area contributed by atoms with Gasteiger partial charge in [0.05, 0.1) is 12.7 Å². The summed E-state index contributed by atoms with van der Waals surface area (Å²) < 4.78 is 6.00. The van der Waals surface area contributed by atoms with Gasteiger partial charge < -0.3 is 4.74 Å². The van der Waals surface area contributed by atoms with Gasteiger partial charge in [-0.05, 0) is 24.5 Å². The molecule has 0 bridgehead atoms. The van der Waals surface area contributed by atoms with E-state index in [0.717, 1.165) is 6.42 Å². The first-order chi connectivity index (χ1) is 8.79. The van der Waals surface area contributed by atoms with Crippen LogP contribution in [-0.2, 0) is 11.3 Å². The van der Waals surface area contributed by atoms with Crippen molar-refractivity contribution < 1.29 is 4.74 Å². The maximum Gasteiger partial charge on any atom is 0.0826 e. The molecule has 1 heteroatoms. The SMILES string of the molecule is CC[C@H](OCc1ccc(C)cc1)c1ccccc1. The van der Waals surface area contributed by atoms with Gasteiger partial charge in [-0.1, -0.05) is 67.1 Å². The minimum absolute atomic E-state index is 0.188. The molecule has 0 fully saturated rings. The Morgan fingerprint density at radius 2 is 1.61 bits per heavy atom. The monoisotopic (exact) mass is 240 g/mol. The molecule has 2 rings (SSSR count). The predicted octanol–water partition coefficient (Wildman–Crippen LogP) is 4.66. The molecule has 0 saturated heterocycles. The van der Waals surface area contributed by atoms with Crippen LogP contribution in [0.5, 0.6) is 0 Å². The molecule has 0 aliphatic carbocycles. The summed E-state index contributed by atoms with van der Waals surface area (Å²) in [6, 6.07) is 18.9. The standard InChI is InChI=1S/C17H20O/c1-3-17(16-7-5-4-6-8-16)18-13-15-11-9-14(2)10-12-15/h4-12,17H,3,13H2,1-2H3/t17-/m0/s1. The third-order valence-corrected chi connectivity index (χ3v) is 3.11. The second kappa shape index (κ2) is 6.36. The zero-order valence-corrected chi connectivity index (χ0v) is 11.1. The molecule has 2 aromatic carbocycles. The molecule has 0 aromatic heterocycles. The highest BCUT2D eigenvalue weighted by molar-refractivity contribution is 5.21. The van der Waals surface area contributed by atoms with E-state index in [1.165, 1.54) is 16.7 Å². The lowest BCUT2D eigenvalue weighted by molar-refractivity contribution is 0.0371. The van der Waals surface area contributed by atoms with Crippen LogP contribution in [-0.4, -0.2) is 0 Å². The lowest BCUT2D eigenvalue weighted by atomic mass is 10.1. The predicted molar refractivity (Wildman–Crippen MR) is 75.4 cm³/mol. The van der Waals surface area contributed by atoms with Crippen molar-refractivity contribution in [3.8, 4) is 0 Å². The summed E-state index contributed by atoms with van der Waals surface area (Å²) in [6.45, 7) is 4.93. The van der Waals surface area contributed by atoms with Gasteiger partial charge in [-0.25, -0.2) is 0 Å². The minimum atomic E-state index is 0.188. The summed E-state index contributed by atoms with van der Waals surface area (Å²) in [5.74, 6) is 0. The molecule has 0 spiro atoms. The zero-order valence-electron chi connectivity index (χ0n) is 11.1. The number of hydrogen-bond donors (Lipinski definition) is 0. The van der Waals surface area contributed by atoms with Crippen molar-refractivity contribution in [1.82, 2.24) is 0 Å². The van der Waals surface area contributed by atoms with E-state index < -0.39 is 0 Å². The average molecular weight is 240 g/mol. The molecule has 0 saturated carbocycles. The van der Waals surface area contributed by atoms with Crippen LogP contribution in [0.1, 0.15) is 36.1 Å². The van der Waals surface area contributed by atoms with Crippen molar-refractivity contribution in [3.05, 3.63) is 71.3 Å². The van der Waals surface area contributed by atoms with E-state index in [2.05, 4.69) is 62.4 Å². The van der Waals surface area contributed by atoms with Crippen LogP contribution in [0, 0.1) is 6.92 Å². The summed E-state index contributed by atoms with van der Waals surface area (Å²) in [6.07, 6.45) is 1.18. The van der Waals surface area contributed by atoms with Gasteiger partial charge in [0.25, 0.3) is 0 Å². The molecule has 0 N–H and O–H groups in total. The van der Waals surface area contributed by atoms with Gasteiger partial charge in [-0.3, -0.25) is 0 Å². The Kier molecular flexibility index (Phi) is 4.54. The Morgan fingerprint density at radius 1 is 0.944 bits per heavy atom. The fourth-order valence-electron chi connectivity index (χ4n) is 2.00. The first kappa shape index (κ1) is 12.8. The Labute approximate surface area is 109 Å². The molecule has 18 heavy (non-hydrogen) atoms. The Balaban J connectivity index is 1.97. The highest BCUT2D eigenvalue weighted by atomic mass is 16.5. The highest BCUT2D eigenvalue weighted by Crippen LogP contribution is 2.22. The van der Waals surface area contributed by atoms with Gasteiger partial charge >= 0.3 is 0 Å². The first-order valence-electron chi connectivity index (χ1n) is 6.51. The number of rotatable bonds is 5. The molecule has 0 aliphatic heterocycles. The van der Waals surface area contributed by atoms with Crippen LogP contribution in [0.3, 0.4) is 0 Å². The normalized spacial score (nSPS) is 12.3. The van der Waals surface area contributed by atoms with Crippen LogP contribution in [0.4, 0.5) is 0 Å². The molecule has 0 aliphatic rings. The first-order valence-corrected chi connectivity index (χ1v) is 6.51. The van der Waals surface area contributed by atoms with Crippen molar-refractivity contribution in [2.45, 2.75) is 33.0 Å². The van der Waals surface area contributed by atoms with Crippen molar-refractivity contribution >= 4 is 0 Å².